The molecular weight excluding hydrogens is 525 g/mol. The molecule has 0 aliphatic rings. The third kappa shape index (κ3) is 5.84. The Kier molecular flexibility index (Phi) is 8.20. The SMILES string of the molecule is CN=C(NCCc1ccn(-c2ccc(F)cc2)n1)NCCc1c[nH]c2cc(F)ccc12.I. The van der Waals surface area contributed by atoms with E-state index in [1.54, 1.807) is 29.9 Å². The van der Waals surface area contributed by atoms with Crippen LogP contribution in [-0.2, 0) is 12.8 Å². The molecule has 0 saturated heterocycles. The second kappa shape index (κ2) is 11.1. The number of halogens is 3. The predicted molar refractivity (Wildman–Crippen MR) is 134 cm³/mol. The molecule has 0 radical (unpaired) electrons. The average Bonchev–Trinajstić information content (AvgIpc) is 3.40. The standard InChI is InChI=1S/C23H24F2N6.HI/c1-26-23(27-11-8-16-15-29-22-14-18(25)4-7-21(16)22)28-12-9-19-10-13-31(30-19)20-5-2-17(24)3-6-20;/h2-7,10,13-15,29H,8-9,11-12H2,1H3,(H2,26,27,28);1H. The number of guanidine groups is 1. The van der Waals surface area contributed by atoms with Gasteiger partial charge in [-0.2, -0.15) is 5.10 Å². The minimum Gasteiger partial charge on any atom is -0.361 e. The summed E-state index contributed by atoms with van der Waals surface area (Å²) in [6.45, 7) is 1.37. The quantitative estimate of drug-likeness (QED) is 0.184. The Morgan fingerprint density at radius 1 is 1.00 bits per heavy atom. The molecule has 0 unspecified atom stereocenters. The summed E-state index contributed by atoms with van der Waals surface area (Å²) in [4.78, 5) is 7.36. The van der Waals surface area contributed by atoms with Crippen molar-refractivity contribution in [2.24, 2.45) is 4.99 Å². The van der Waals surface area contributed by atoms with E-state index < -0.39 is 0 Å². The minimum absolute atomic E-state index is 0. The Hall–Kier alpha value is -2.95. The highest BCUT2D eigenvalue weighted by molar-refractivity contribution is 14.0. The topological polar surface area (TPSA) is 70.0 Å². The van der Waals surface area contributed by atoms with Gasteiger partial charge in [0.05, 0.1) is 11.4 Å². The summed E-state index contributed by atoms with van der Waals surface area (Å²) in [6.07, 6.45) is 5.29. The first-order valence-corrected chi connectivity index (χ1v) is 10.1. The average molecular weight is 550 g/mol. The first kappa shape index (κ1) is 23.7. The Morgan fingerprint density at radius 3 is 2.47 bits per heavy atom. The van der Waals surface area contributed by atoms with Crippen molar-refractivity contribution in [2.75, 3.05) is 20.1 Å². The molecule has 4 rings (SSSR count). The molecule has 0 aliphatic carbocycles. The van der Waals surface area contributed by atoms with E-state index in [2.05, 4.69) is 25.7 Å². The van der Waals surface area contributed by atoms with Crippen LogP contribution in [0.5, 0.6) is 0 Å². The lowest BCUT2D eigenvalue weighted by Crippen LogP contribution is -2.39. The van der Waals surface area contributed by atoms with E-state index in [0.29, 0.717) is 19.0 Å². The van der Waals surface area contributed by atoms with Crippen molar-refractivity contribution >= 4 is 40.8 Å². The number of fused-ring (bicyclic) bond motifs is 1. The van der Waals surface area contributed by atoms with Crippen LogP contribution in [0.25, 0.3) is 16.6 Å². The number of aromatic amines is 1. The summed E-state index contributed by atoms with van der Waals surface area (Å²) >= 11 is 0. The number of H-pyrrole nitrogens is 1. The van der Waals surface area contributed by atoms with Gasteiger partial charge in [-0.1, -0.05) is 0 Å². The second-order valence-electron chi connectivity index (χ2n) is 7.16. The van der Waals surface area contributed by atoms with Gasteiger partial charge < -0.3 is 15.6 Å². The summed E-state index contributed by atoms with van der Waals surface area (Å²) in [7, 11) is 1.73. The van der Waals surface area contributed by atoms with Crippen LogP contribution in [0.3, 0.4) is 0 Å². The molecule has 0 bridgehead atoms. The monoisotopic (exact) mass is 550 g/mol. The molecule has 2 aromatic heterocycles. The zero-order chi connectivity index (χ0) is 21.6. The lowest BCUT2D eigenvalue weighted by Gasteiger charge is -2.11. The normalized spacial score (nSPS) is 11.4. The molecule has 0 atom stereocenters. The largest absolute Gasteiger partial charge is 0.361 e. The van der Waals surface area contributed by atoms with Crippen LogP contribution < -0.4 is 10.6 Å². The van der Waals surface area contributed by atoms with Crippen LogP contribution in [0.2, 0.25) is 0 Å². The number of hydrogen-bond acceptors (Lipinski definition) is 2. The summed E-state index contributed by atoms with van der Waals surface area (Å²) in [5.41, 5.74) is 3.68. The molecule has 9 heteroatoms. The molecule has 0 saturated carbocycles. The van der Waals surface area contributed by atoms with Gasteiger partial charge in [-0.05, 0) is 60.5 Å². The van der Waals surface area contributed by atoms with Crippen molar-refractivity contribution in [3.63, 3.8) is 0 Å². The Morgan fingerprint density at radius 2 is 1.72 bits per heavy atom. The van der Waals surface area contributed by atoms with E-state index in [9.17, 15) is 8.78 Å². The summed E-state index contributed by atoms with van der Waals surface area (Å²) in [6, 6.07) is 13.0. The van der Waals surface area contributed by atoms with Crippen LogP contribution in [0.1, 0.15) is 11.3 Å². The van der Waals surface area contributed by atoms with Gasteiger partial charge in [0.25, 0.3) is 0 Å². The summed E-state index contributed by atoms with van der Waals surface area (Å²) in [5.74, 6) is 0.202. The Balaban J connectivity index is 0.00000289. The first-order chi connectivity index (χ1) is 15.1. The van der Waals surface area contributed by atoms with Crippen molar-refractivity contribution in [3.8, 4) is 5.69 Å². The smallest absolute Gasteiger partial charge is 0.190 e. The summed E-state index contributed by atoms with van der Waals surface area (Å²) < 4.78 is 28.1. The van der Waals surface area contributed by atoms with Gasteiger partial charge in [0.2, 0.25) is 0 Å². The van der Waals surface area contributed by atoms with Crippen LogP contribution >= 0.6 is 24.0 Å². The van der Waals surface area contributed by atoms with Crippen molar-refractivity contribution in [3.05, 3.63) is 83.8 Å². The number of nitrogens with one attached hydrogen (secondary N) is 3. The fourth-order valence-electron chi connectivity index (χ4n) is 3.44. The number of aliphatic imine (C=N–C) groups is 1. The second-order valence-corrected chi connectivity index (χ2v) is 7.16. The molecule has 3 N–H and O–H groups in total. The number of rotatable bonds is 7. The number of hydrogen-bond donors (Lipinski definition) is 3. The van der Waals surface area contributed by atoms with Crippen molar-refractivity contribution in [1.82, 2.24) is 25.4 Å². The molecule has 2 heterocycles. The van der Waals surface area contributed by atoms with Crippen LogP contribution in [0, 0.1) is 11.6 Å². The van der Waals surface area contributed by atoms with Gasteiger partial charge in [-0.15, -0.1) is 24.0 Å². The van der Waals surface area contributed by atoms with E-state index in [-0.39, 0.29) is 35.6 Å². The first-order valence-electron chi connectivity index (χ1n) is 10.1. The van der Waals surface area contributed by atoms with E-state index in [1.165, 1.54) is 24.3 Å². The van der Waals surface area contributed by atoms with Crippen LogP contribution in [0.15, 0.2) is 65.9 Å². The van der Waals surface area contributed by atoms with Crippen LogP contribution in [0.4, 0.5) is 8.78 Å². The fourth-order valence-corrected chi connectivity index (χ4v) is 3.44. The van der Waals surface area contributed by atoms with Crippen LogP contribution in [-0.4, -0.2) is 40.9 Å². The van der Waals surface area contributed by atoms with Gasteiger partial charge in [0.1, 0.15) is 11.6 Å². The van der Waals surface area contributed by atoms with E-state index >= 15 is 0 Å². The fraction of sp³-hybridized carbons (Fsp3) is 0.217. The van der Waals surface area contributed by atoms with Gasteiger partial charge in [0.15, 0.2) is 5.96 Å². The third-order valence-corrected chi connectivity index (χ3v) is 5.05. The molecular formula is C23H25F2IN6. The maximum absolute atomic E-state index is 13.3. The lowest BCUT2D eigenvalue weighted by molar-refractivity contribution is 0.627. The molecule has 0 fully saturated rings. The highest BCUT2D eigenvalue weighted by Crippen LogP contribution is 2.19. The zero-order valence-corrected chi connectivity index (χ0v) is 19.9. The highest BCUT2D eigenvalue weighted by Gasteiger charge is 2.06. The molecule has 2 aromatic carbocycles. The van der Waals surface area contributed by atoms with E-state index in [0.717, 1.165) is 40.7 Å². The molecule has 6 nitrogen and oxygen atoms in total. The van der Waals surface area contributed by atoms with Gasteiger partial charge >= 0.3 is 0 Å². The maximum Gasteiger partial charge on any atom is 0.190 e. The lowest BCUT2D eigenvalue weighted by atomic mass is 10.1. The molecule has 0 amide bonds. The van der Waals surface area contributed by atoms with E-state index in [4.69, 9.17) is 0 Å². The number of nitrogens with zero attached hydrogens (tertiary/aromatic N) is 3. The Labute approximate surface area is 202 Å². The third-order valence-electron chi connectivity index (χ3n) is 5.05. The minimum atomic E-state index is -0.266. The molecule has 32 heavy (non-hydrogen) atoms. The van der Waals surface area contributed by atoms with Crippen molar-refractivity contribution in [2.45, 2.75) is 12.8 Å². The Bertz CT molecular complexity index is 1180. The molecule has 168 valence electrons. The highest BCUT2D eigenvalue weighted by atomic mass is 127. The summed E-state index contributed by atoms with van der Waals surface area (Å²) in [5, 5.41) is 12.1. The number of aromatic nitrogens is 3. The molecule has 4 aromatic rings. The van der Waals surface area contributed by atoms with Crippen molar-refractivity contribution in [1.29, 1.82) is 0 Å². The van der Waals surface area contributed by atoms with Gasteiger partial charge in [0, 0.05) is 49.9 Å². The predicted octanol–water partition coefficient (Wildman–Crippen LogP) is 4.20. The zero-order valence-electron chi connectivity index (χ0n) is 17.6. The van der Waals surface area contributed by atoms with E-state index in [1.807, 2.05) is 18.5 Å². The molecule has 0 aliphatic heterocycles. The van der Waals surface area contributed by atoms with Gasteiger partial charge in [-0.3, -0.25) is 4.99 Å². The van der Waals surface area contributed by atoms with Crippen molar-refractivity contribution < 1.29 is 8.78 Å². The van der Waals surface area contributed by atoms with Gasteiger partial charge in [-0.25, -0.2) is 13.5 Å². The maximum atomic E-state index is 13.3. The number of benzene rings is 2. The molecule has 0 spiro atoms.